The van der Waals surface area contributed by atoms with Crippen LogP contribution in [-0.2, 0) is 21.5 Å². The van der Waals surface area contributed by atoms with Gasteiger partial charge in [0.15, 0.2) is 0 Å². The lowest BCUT2D eigenvalue weighted by atomic mass is 10.1. The normalized spacial score (nSPS) is 11.5. The number of hydrogen-bond acceptors (Lipinski definition) is 6. The number of anilines is 1. The molecule has 33 heavy (non-hydrogen) atoms. The van der Waals surface area contributed by atoms with Crippen molar-refractivity contribution in [2.24, 2.45) is 5.92 Å². The molecule has 0 heterocycles. The van der Waals surface area contributed by atoms with E-state index in [9.17, 15) is 13.2 Å². The van der Waals surface area contributed by atoms with Gasteiger partial charge in [0.1, 0.15) is 16.4 Å². The van der Waals surface area contributed by atoms with Crippen LogP contribution in [0.5, 0.6) is 11.5 Å². The first-order chi connectivity index (χ1) is 15.5. The van der Waals surface area contributed by atoms with Crippen LogP contribution in [0.1, 0.15) is 47.1 Å². The van der Waals surface area contributed by atoms with Gasteiger partial charge in [-0.1, -0.05) is 19.9 Å². The van der Waals surface area contributed by atoms with Gasteiger partial charge in [-0.2, -0.15) is 8.42 Å². The first-order valence-electron chi connectivity index (χ1n) is 11.3. The minimum absolute atomic E-state index is 0.00165. The molecule has 0 aliphatic carbocycles. The number of nitrogens with zero attached hydrogens (tertiary/aromatic N) is 2. The number of methoxy groups -OCH3 is 1. The first kappa shape index (κ1) is 26.5. The lowest BCUT2D eigenvalue weighted by molar-refractivity contribution is -0.136. The summed E-state index contributed by atoms with van der Waals surface area (Å²) in [5.74, 6) is 0.604. The number of ether oxygens (including phenoxy) is 1. The standard InChI is InChI=1S/C25H36N2O5S/c1-8-26(9-2)21-11-10-20(17-27(19(5)6)25(28)18(3)4)24(16-21)32-33(29,30)23-14-12-22(31-7)13-15-23/h10-16,18-19H,8-9,17H2,1-7H3. The van der Waals surface area contributed by atoms with Crippen LogP contribution in [0.15, 0.2) is 47.4 Å². The number of amides is 1. The van der Waals surface area contributed by atoms with Crippen molar-refractivity contribution in [2.75, 3.05) is 25.1 Å². The van der Waals surface area contributed by atoms with E-state index in [4.69, 9.17) is 8.92 Å². The summed E-state index contributed by atoms with van der Waals surface area (Å²) in [5, 5.41) is 0. The fourth-order valence-electron chi connectivity index (χ4n) is 3.48. The van der Waals surface area contributed by atoms with E-state index in [0.717, 1.165) is 18.8 Å². The van der Waals surface area contributed by atoms with E-state index >= 15 is 0 Å². The molecule has 2 aromatic rings. The van der Waals surface area contributed by atoms with Crippen LogP contribution in [0.2, 0.25) is 0 Å². The summed E-state index contributed by atoms with van der Waals surface area (Å²) in [6.07, 6.45) is 0. The van der Waals surface area contributed by atoms with Gasteiger partial charge in [-0.15, -0.1) is 0 Å². The van der Waals surface area contributed by atoms with E-state index in [1.54, 1.807) is 23.1 Å². The molecule has 0 unspecified atom stereocenters. The Hall–Kier alpha value is -2.74. The highest BCUT2D eigenvalue weighted by molar-refractivity contribution is 7.87. The molecule has 0 aliphatic rings. The predicted octanol–water partition coefficient (Wildman–Crippen LogP) is 4.70. The maximum Gasteiger partial charge on any atom is 0.339 e. The number of rotatable bonds is 11. The van der Waals surface area contributed by atoms with Crippen molar-refractivity contribution in [3.8, 4) is 11.5 Å². The topological polar surface area (TPSA) is 76.2 Å². The third-order valence-electron chi connectivity index (χ3n) is 5.47. The van der Waals surface area contributed by atoms with Crippen LogP contribution in [-0.4, -0.2) is 45.5 Å². The molecule has 0 saturated heterocycles. The van der Waals surface area contributed by atoms with Gasteiger partial charge < -0.3 is 18.7 Å². The molecule has 0 fully saturated rings. The summed E-state index contributed by atoms with van der Waals surface area (Å²) in [6, 6.07) is 11.5. The van der Waals surface area contributed by atoms with E-state index in [1.807, 2.05) is 53.7 Å². The fraction of sp³-hybridized carbons (Fsp3) is 0.480. The molecule has 0 saturated carbocycles. The third-order valence-corrected chi connectivity index (χ3v) is 6.72. The third kappa shape index (κ3) is 6.63. The van der Waals surface area contributed by atoms with Crippen LogP contribution in [0.3, 0.4) is 0 Å². The molecule has 0 aromatic heterocycles. The molecule has 2 rings (SSSR count). The SMILES string of the molecule is CCN(CC)c1ccc(CN(C(=O)C(C)C)C(C)C)c(OS(=O)(=O)c2ccc(OC)cc2)c1. The van der Waals surface area contributed by atoms with Crippen molar-refractivity contribution in [1.29, 1.82) is 0 Å². The van der Waals surface area contributed by atoms with E-state index < -0.39 is 10.1 Å². The molecule has 0 N–H and O–H groups in total. The Morgan fingerprint density at radius 3 is 2.06 bits per heavy atom. The second-order valence-corrected chi connectivity index (χ2v) is 9.94. The van der Waals surface area contributed by atoms with Crippen molar-refractivity contribution < 1.29 is 22.1 Å². The molecular weight excluding hydrogens is 440 g/mol. The summed E-state index contributed by atoms with van der Waals surface area (Å²) in [4.78, 5) is 16.7. The quantitative estimate of drug-likeness (QED) is 0.438. The summed E-state index contributed by atoms with van der Waals surface area (Å²) >= 11 is 0. The molecule has 182 valence electrons. The Kier molecular flexibility index (Phi) is 9.16. The number of carbonyl (C=O) groups is 1. The Balaban J connectivity index is 2.51. The first-order valence-corrected chi connectivity index (χ1v) is 12.7. The van der Waals surface area contributed by atoms with Gasteiger partial charge in [0.25, 0.3) is 0 Å². The summed E-state index contributed by atoms with van der Waals surface area (Å²) in [6.45, 7) is 13.5. The predicted molar refractivity (Wildman–Crippen MR) is 131 cm³/mol. The highest BCUT2D eigenvalue weighted by Crippen LogP contribution is 2.31. The summed E-state index contributed by atoms with van der Waals surface area (Å²) in [5.41, 5.74) is 1.49. The average molecular weight is 477 g/mol. The van der Waals surface area contributed by atoms with Gasteiger partial charge in [0, 0.05) is 48.9 Å². The molecule has 0 bridgehead atoms. The molecule has 0 spiro atoms. The molecule has 0 atom stereocenters. The minimum Gasteiger partial charge on any atom is -0.497 e. The van der Waals surface area contributed by atoms with Crippen LogP contribution < -0.4 is 13.8 Å². The van der Waals surface area contributed by atoms with Gasteiger partial charge in [-0.05, 0) is 58.0 Å². The van der Waals surface area contributed by atoms with Gasteiger partial charge in [0.05, 0.1) is 7.11 Å². The molecule has 8 heteroatoms. The van der Waals surface area contributed by atoms with Crippen LogP contribution in [0.4, 0.5) is 5.69 Å². The highest BCUT2D eigenvalue weighted by atomic mass is 32.2. The van der Waals surface area contributed by atoms with E-state index in [2.05, 4.69) is 4.90 Å². The van der Waals surface area contributed by atoms with Gasteiger partial charge in [-0.25, -0.2) is 0 Å². The van der Waals surface area contributed by atoms with Crippen LogP contribution >= 0.6 is 0 Å². The number of benzene rings is 2. The molecule has 7 nitrogen and oxygen atoms in total. The molecule has 0 radical (unpaired) electrons. The smallest absolute Gasteiger partial charge is 0.339 e. The summed E-state index contributed by atoms with van der Waals surface area (Å²) < 4.78 is 36.9. The fourth-order valence-corrected chi connectivity index (χ4v) is 4.43. The van der Waals surface area contributed by atoms with Gasteiger partial charge in [0.2, 0.25) is 5.91 Å². The number of carbonyl (C=O) groups excluding carboxylic acids is 1. The lowest BCUT2D eigenvalue weighted by Crippen LogP contribution is -2.39. The van der Waals surface area contributed by atoms with Crippen LogP contribution in [0.25, 0.3) is 0 Å². The summed E-state index contributed by atoms with van der Waals surface area (Å²) in [7, 11) is -2.57. The van der Waals surface area contributed by atoms with E-state index in [1.165, 1.54) is 19.2 Å². The van der Waals surface area contributed by atoms with Crippen molar-refractivity contribution in [3.05, 3.63) is 48.0 Å². The second-order valence-electron chi connectivity index (χ2n) is 8.39. The zero-order valence-corrected chi connectivity index (χ0v) is 21.5. The minimum atomic E-state index is -4.09. The second kappa shape index (κ2) is 11.4. The molecule has 1 amide bonds. The maximum atomic E-state index is 13.1. The Bertz CT molecular complexity index is 1030. The van der Waals surface area contributed by atoms with Crippen molar-refractivity contribution in [2.45, 2.75) is 59.0 Å². The molecule has 0 aliphatic heterocycles. The largest absolute Gasteiger partial charge is 0.497 e. The van der Waals surface area contributed by atoms with Crippen molar-refractivity contribution in [1.82, 2.24) is 4.90 Å². The van der Waals surface area contributed by atoms with Crippen molar-refractivity contribution >= 4 is 21.7 Å². The zero-order chi connectivity index (χ0) is 24.8. The zero-order valence-electron chi connectivity index (χ0n) is 20.7. The van der Waals surface area contributed by atoms with Gasteiger partial charge >= 0.3 is 10.1 Å². The number of hydrogen-bond donors (Lipinski definition) is 0. The Morgan fingerprint density at radius 2 is 1.58 bits per heavy atom. The lowest BCUT2D eigenvalue weighted by Gasteiger charge is -2.30. The molecular formula is C25H36N2O5S. The van der Waals surface area contributed by atoms with Crippen LogP contribution in [0, 0.1) is 5.92 Å². The average Bonchev–Trinajstić information content (AvgIpc) is 2.78. The Morgan fingerprint density at radius 1 is 0.970 bits per heavy atom. The highest BCUT2D eigenvalue weighted by Gasteiger charge is 2.24. The van der Waals surface area contributed by atoms with Gasteiger partial charge in [-0.3, -0.25) is 4.79 Å². The Labute approximate surface area is 198 Å². The maximum absolute atomic E-state index is 13.1. The van der Waals surface area contributed by atoms with E-state index in [-0.39, 0.29) is 35.1 Å². The van der Waals surface area contributed by atoms with Crippen molar-refractivity contribution in [3.63, 3.8) is 0 Å². The van der Waals surface area contributed by atoms with E-state index in [0.29, 0.717) is 11.3 Å². The molecule has 2 aromatic carbocycles. The monoisotopic (exact) mass is 476 g/mol.